The number of carboxylic acids is 1. The van der Waals surface area contributed by atoms with Gasteiger partial charge in [-0.15, -0.1) is 0 Å². The maximum absolute atomic E-state index is 13.7. The minimum Gasteiger partial charge on any atom is -0.493 e. The van der Waals surface area contributed by atoms with Crippen LogP contribution in [0.4, 0.5) is 0 Å². The predicted octanol–water partition coefficient (Wildman–Crippen LogP) is 3.41. The number of rotatable bonds is 10. The average molecular weight is 459 g/mol. The summed E-state index contributed by atoms with van der Waals surface area (Å²) in [7, 11) is 1.39. The molecule has 1 amide bonds. The summed E-state index contributed by atoms with van der Waals surface area (Å²) in [5.74, 6) is -2.37. The number of benzene rings is 1. The molecule has 3 atom stereocenters. The highest BCUT2D eigenvalue weighted by atomic mass is 16.7. The lowest BCUT2D eigenvalue weighted by molar-refractivity contribution is -0.147. The van der Waals surface area contributed by atoms with Gasteiger partial charge >= 0.3 is 11.9 Å². The van der Waals surface area contributed by atoms with Crippen LogP contribution in [0.5, 0.6) is 11.5 Å². The van der Waals surface area contributed by atoms with E-state index in [1.807, 2.05) is 38.1 Å². The van der Waals surface area contributed by atoms with E-state index >= 15 is 0 Å². The summed E-state index contributed by atoms with van der Waals surface area (Å²) in [4.78, 5) is 42.2. The van der Waals surface area contributed by atoms with Gasteiger partial charge < -0.3 is 24.2 Å². The van der Waals surface area contributed by atoms with Gasteiger partial charge in [0.2, 0.25) is 6.79 Å². The number of carbonyl (C=O) groups excluding carboxylic acids is 2. The van der Waals surface area contributed by atoms with Gasteiger partial charge in [0.25, 0.3) is 5.91 Å². The second-order valence-corrected chi connectivity index (χ2v) is 7.70. The van der Waals surface area contributed by atoms with Gasteiger partial charge in [0.15, 0.2) is 17.2 Å². The summed E-state index contributed by atoms with van der Waals surface area (Å²) in [5.41, 5.74) is 1.90. The summed E-state index contributed by atoms with van der Waals surface area (Å²) in [5, 5.41) is 9.75. The molecule has 0 spiro atoms. The van der Waals surface area contributed by atoms with Crippen LogP contribution < -0.4 is 9.47 Å². The molecule has 1 aromatic carbocycles. The monoisotopic (exact) mass is 458 g/mol. The third-order valence-electron chi connectivity index (χ3n) is 5.61. The Balaban J connectivity index is 2.51. The molecule has 0 aliphatic carbocycles. The zero-order chi connectivity index (χ0) is 24.7. The molecule has 0 aliphatic rings. The van der Waals surface area contributed by atoms with E-state index in [1.54, 1.807) is 6.92 Å². The van der Waals surface area contributed by atoms with Crippen LogP contribution in [0.25, 0.3) is 0 Å². The van der Waals surface area contributed by atoms with Gasteiger partial charge in [-0.3, -0.25) is 9.59 Å². The number of carbonyl (C=O) groups is 3. The molecule has 2 rings (SSSR count). The Bertz CT molecular complexity index is 1010. The molecule has 0 aliphatic heterocycles. The molecule has 2 unspecified atom stereocenters. The lowest BCUT2D eigenvalue weighted by atomic mass is 9.89. The van der Waals surface area contributed by atoms with E-state index in [2.05, 4.69) is 4.98 Å². The molecule has 33 heavy (non-hydrogen) atoms. The van der Waals surface area contributed by atoms with Crippen molar-refractivity contribution in [1.29, 1.82) is 0 Å². The van der Waals surface area contributed by atoms with Crippen molar-refractivity contribution in [2.45, 2.75) is 52.6 Å². The Morgan fingerprint density at radius 3 is 2.36 bits per heavy atom. The summed E-state index contributed by atoms with van der Waals surface area (Å²) >= 11 is 0. The van der Waals surface area contributed by atoms with E-state index in [1.165, 1.54) is 38.1 Å². The number of methoxy groups -OCH3 is 1. The molecule has 0 saturated carbocycles. The first-order chi connectivity index (χ1) is 15.6. The molecule has 1 heterocycles. The summed E-state index contributed by atoms with van der Waals surface area (Å²) in [6, 6.07) is 7.60. The highest BCUT2D eigenvalue weighted by Gasteiger charge is 2.36. The molecular weight excluding hydrogens is 428 g/mol. The van der Waals surface area contributed by atoms with Crippen LogP contribution >= 0.6 is 0 Å². The van der Waals surface area contributed by atoms with Crippen molar-refractivity contribution in [2.24, 2.45) is 0 Å². The van der Waals surface area contributed by atoms with E-state index in [0.29, 0.717) is 0 Å². The Morgan fingerprint density at radius 1 is 1.12 bits per heavy atom. The van der Waals surface area contributed by atoms with Crippen LogP contribution in [0.3, 0.4) is 0 Å². The number of hydrogen-bond acceptors (Lipinski definition) is 7. The third-order valence-corrected chi connectivity index (χ3v) is 5.61. The van der Waals surface area contributed by atoms with E-state index < -0.39 is 36.7 Å². The first-order valence-electron chi connectivity index (χ1n) is 10.5. The number of ether oxygens (including phenoxy) is 3. The number of pyridine rings is 1. The Hall–Kier alpha value is -3.62. The topological polar surface area (TPSA) is 115 Å². The predicted molar refractivity (Wildman–Crippen MR) is 120 cm³/mol. The Morgan fingerprint density at radius 2 is 1.79 bits per heavy atom. The maximum Gasteiger partial charge on any atom is 0.326 e. The number of hydrogen-bond donors (Lipinski definition) is 1. The van der Waals surface area contributed by atoms with Crippen molar-refractivity contribution in [3.63, 3.8) is 0 Å². The van der Waals surface area contributed by atoms with E-state index in [4.69, 9.17) is 14.2 Å². The third kappa shape index (κ3) is 6.00. The van der Waals surface area contributed by atoms with Crippen LogP contribution in [0.2, 0.25) is 0 Å². The van der Waals surface area contributed by atoms with Gasteiger partial charge in [0, 0.05) is 31.1 Å². The molecule has 0 saturated heterocycles. The lowest BCUT2D eigenvalue weighted by Gasteiger charge is -2.36. The minimum atomic E-state index is -1.16. The van der Waals surface area contributed by atoms with Crippen LogP contribution in [-0.2, 0) is 14.3 Å². The van der Waals surface area contributed by atoms with Crippen molar-refractivity contribution in [1.82, 2.24) is 9.88 Å². The molecular formula is C24H30N2O7. The van der Waals surface area contributed by atoms with Crippen molar-refractivity contribution in [3.8, 4) is 11.5 Å². The quantitative estimate of drug-likeness (QED) is 0.425. The average Bonchev–Trinajstić information content (AvgIpc) is 2.78. The first-order valence-corrected chi connectivity index (χ1v) is 10.5. The highest BCUT2D eigenvalue weighted by molar-refractivity contribution is 5.98. The zero-order valence-corrected chi connectivity index (χ0v) is 19.7. The molecule has 9 nitrogen and oxygen atoms in total. The molecule has 0 bridgehead atoms. The van der Waals surface area contributed by atoms with Crippen LogP contribution in [0.1, 0.15) is 55.2 Å². The Labute approximate surface area is 193 Å². The smallest absolute Gasteiger partial charge is 0.326 e. The maximum atomic E-state index is 13.7. The summed E-state index contributed by atoms with van der Waals surface area (Å²) < 4.78 is 15.6. The van der Waals surface area contributed by atoms with E-state index in [-0.39, 0.29) is 23.1 Å². The molecule has 178 valence electrons. The summed E-state index contributed by atoms with van der Waals surface area (Å²) in [6.45, 7) is 7.92. The largest absolute Gasteiger partial charge is 0.493 e. The Kier molecular flexibility index (Phi) is 8.78. The van der Waals surface area contributed by atoms with Gasteiger partial charge in [-0.25, -0.2) is 9.78 Å². The molecule has 0 fully saturated rings. The number of esters is 1. The van der Waals surface area contributed by atoms with Gasteiger partial charge in [0.05, 0.1) is 7.11 Å². The second kappa shape index (κ2) is 11.3. The van der Waals surface area contributed by atoms with Crippen LogP contribution in [0.15, 0.2) is 36.5 Å². The van der Waals surface area contributed by atoms with Crippen LogP contribution in [0, 0.1) is 6.92 Å². The lowest BCUT2D eigenvalue weighted by Crippen LogP contribution is -2.50. The molecule has 2 aromatic rings. The van der Waals surface area contributed by atoms with Crippen molar-refractivity contribution < 1.29 is 33.7 Å². The van der Waals surface area contributed by atoms with Crippen LogP contribution in [-0.4, -0.2) is 58.8 Å². The molecule has 0 radical (unpaired) electrons. The summed E-state index contributed by atoms with van der Waals surface area (Å²) in [6.07, 6.45) is 1.36. The molecule has 1 aromatic heterocycles. The van der Waals surface area contributed by atoms with Gasteiger partial charge in [-0.1, -0.05) is 31.2 Å². The van der Waals surface area contributed by atoms with Gasteiger partial charge in [0.1, 0.15) is 6.04 Å². The number of aliphatic carboxylic acids is 1. The van der Waals surface area contributed by atoms with Gasteiger partial charge in [-0.05, 0) is 31.9 Å². The fourth-order valence-electron chi connectivity index (χ4n) is 3.61. The van der Waals surface area contributed by atoms with E-state index in [9.17, 15) is 19.5 Å². The molecule has 1 N–H and O–H groups in total. The van der Waals surface area contributed by atoms with E-state index in [0.717, 1.165) is 11.1 Å². The van der Waals surface area contributed by atoms with Gasteiger partial charge in [-0.2, -0.15) is 0 Å². The number of carboxylic acid groups (broad SMARTS) is 1. The fraction of sp³-hybridized carbons (Fsp3) is 0.417. The zero-order valence-electron chi connectivity index (χ0n) is 19.7. The standard InChI is InChI=1S/C24H30N2O7/c1-14-9-7-8-10-19(14)15(2)16(3)26(17(4)24(29)30)23(28)21-22(33-13-32-18(5)27)20(31-6)11-12-25-21/h7-12,15-17H,13H2,1-6H3,(H,29,30)/t15?,16?,17-/m0/s1. The highest BCUT2D eigenvalue weighted by Crippen LogP contribution is 2.33. The number of aryl methyl sites for hydroxylation is 1. The fourth-order valence-corrected chi connectivity index (χ4v) is 3.61. The second-order valence-electron chi connectivity index (χ2n) is 7.70. The SMILES string of the molecule is COc1ccnc(C(=O)N(C(C)C(C)c2ccccc2C)[C@@H](C)C(=O)O)c1OCOC(C)=O. The van der Waals surface area contributed by atoms with Crippen molar-refractivity contribution in [3.05, 3.63) is 53.3 Å². The number of amides is 1. The molecule has 9 heteroatoms. The van der Waals surface area contributed by atoms with Crippen molar-refractivity contribution >= 4 is 17.8 Å². The normalized spacial score (nSPS) is 13.4. The number of aromatic nitrogens is 1. The minimum absolute atomic E-state index is 0.0374. The first kappa shape index (κ1) is 25.6. The number of nitrogens with zero attached hydrogens (tertiary/aromatic N) is 2. The van der Waals surface area contributed by atoms with Crippen molar-refractivity contribution in [2.75, 3.05) is 13.9 Å².